The molecule has 0 aliphatic heterocycles. The number of nitrogens with two attached hydrogens (primary N) is 1. The molecule has 100 valence electrons. The standard InChI is InChI=1S/C10H10F4N2O2/c11-9(12)10(13,14)18-7-3-1-6(2-4-7)5-8(15)16-17/h1-4,9,17H,5H2,(H2,15,16). The number of halogens is 4. The minimum absolute atomic E-state index is 0.0680. The molecule has 0 amide bonds. The molecule has 0 saturated carbocycles. The zero-order valence-electron chi connectivity index (χ0n) is 8.99. The topological polar surface area (TPSA) is 67.8 Å². The van der Waals surface area contributed by atoms with Crippen molar-refractivity contribution in [2.75, 3.05) is 0 Å². The van der Waals surface area contributed by atoms with E-state index in [1.54, 1.807) is 0 Å². The molecule has 18 heavy (non-hydrogen) atoms. The maximum atomic E-state index is 12.6. The molecular formula is C10H10F4N2O2. The predicted octanol–water partition coefficient (Wildman–Crippen LogP) is 2.21. The van der Waals surface area contributed by atoms with E-state index in [1.807, 2.05) is 0 Å². The maximum Gasteiger partial charge on any atom is 0.461 e. The van der Waals surface area contributed by atoms with Crippen molar-refractivity contribution in [2.45, 2.75) is 19.0 Å². The van der Waals surface area contributed by atoms with Crippen LogP contribution in [0.25, 0.3) is 0 Å². The molecule has 8 heteroatoms. The number of ether oxygens (including phenoxy) is 1. The van der Waals surface area contributed by atoms with E-state index in [2.05, 4.69) is 9.89 Å². The van der Waals surface area contributed by atoms with Crippen LogP contribution in [0.5, 0.6) is 5.75 Å². The van der Waals surface area contributed by atoms with Crippen molar-refractivity contribution in [3.8, 4) is 5.75 Å². The summed E-state index contributed by atoms with van der Waals surface area (Å²) in [6, 6.07) is 4.87. The van der Waals surface area contributed by atoms with Gasteiger partial charge in [-0.2, -0.15) is 17.6 Å². The van der Waals surface area contributed by atoms with Crippen LogP contribution in [0.1, 0.15) is 5.56 Å². The second kappa shape index (κ2) is 5.56. The normalized spacial score (nSPS) is 12.8. The Morgan fingerprint density at radius 2 is 1.89 bits per heavy atom. The highest BCUT2D eigenvalue weighted by atomic mass is 19.3. The predicted molar refractivity (Wildman–Crippen MR) is 55.1 cm³/mol. The smallest absolute Gasteiger partial charge is 0.428 e. The summed E-state index contributed by atoms with van der Waals surface area (Å²) in [5.41, 5.74) is 5.79. The van der Waals surface area contributed by atoms with Gasteiger partial charge in [0.25, 0.3) is 0 Å². The fourth-order valence-corrected chi connectivity index (χ4v) is 1.12. The Morgan fingerprint density at radius 1 is 1.33 bits per heavy atom. The lowest BCUT2D eigenvalue weighted by Gasteiger charge is -2.16. The van der Waals surface area contributed by atoms with Crippen molar-refractivity contribution >= 4 is 5.84 Å². The lowest BCUT2D eigenvalue weighted by Crippen LogP contribution is -2.33. The summed E-state index contributed by atoms with van der Waals surface area (Å²) in [4.78, 5) is 0. The molecule has 1 aromatic carbocycles. The fraction of sp³-hybridized carbons (Fsp3) is 0.300. The van der Waals surface area contributed by atoms with Crippen molar-refractivity contribution in [3.05, 3.63) is 29.8 Å². The van der Waals surface area contributed by atoms with Gasteiger partial charge in [0, 0.05) is 6.42 Å². The van der Waals surface area contributed by atoms with Crippen LogP contribution in [0.4, 0.5) is 17.6 Å². The minimum Gasteiger partial charge on any atom is -0.428 e. The van der Waals surface area contributed by atoms with Gasteiger partial charge >= 0.3 is 12.5 Å². The monoisotopic (exact) mass is 266 g/mol. The Labute approximate surface area is 99.7 Å². The molecule has 1 rings (SSSR count). The van der Waals surface area contributed by atoms with Gasteiger partial charge in [-0.3, -0.25) is 0 Å². The molecule has 1 aromatic rings. The quantitative estimate of drug-likeness (QED) is 0.282. The van der Waals surface area contributed by atoms with Gasteiger partial charge in [-0.15, -0.1) is 0 Å². The van der Waals surface area contributed by atoms with Crippen molar-refractivity contribution in [2.24, 2.45) is 10.9 Å². The molecule has 0 aliphatic rings. The average molecular weight is 266 g/mol. The zero-order chi connectivity index (χ0) is 13.8. The first-order valence-corrected chi connectivity index (χ1v) is 4.75. The molecule has 0 spiro atoms. The summed E-state index contributed by atoms with van der Waals surface area (Å²) < 4.78 is 52.7. The number of hydrogen-bond donors (Lipinski definition) is 2. The lowest BCUT2D eigenvalue weighted by molar-refractivity contribution is -0.253. The van der Waals surface area contributed by atoms with Gasteiger partial charge in [-0.25, -0.2) is 0 Å². The van der Waals surface area contributed by atoms with E-state index < -0.39 is 18.3 Å². The van der Waals surface area contributed by atoms with E-state index >= 15 is 0 Å². The third kappa shape index (κ3) is 3.79. The number of alkyl halides is 4. The second-order valence-electron chi connectivity index (χ2n) is 3.38. The summed E-state index contributed by atoms with van der Waals surface area (Å²) in [6.07, 6.45) is -8.34. The highest BCUT2D eigenvalue weighted by Crippen LogP contribution is 2.27. The molecule has 0 aromatic heterocycles. The summed E-state index contributed by atoms with van der Waals surface area (Å²) >= 11 is 0. The Balaban J connectivity index is 2.72. The average Bonchev–Trinajstić information content (AvgIpc) is 2.31. The van der Waals surface area contributed by atoms with Crippen LogP contribution >= 0.6 is 0 Å². The van der Waals surface area contributed by atoms with Crippen LogP contribution in [0.3, 0.4) is 0 Å². The molecule has 4 nitrogen and oxygen atoms in total. The van der Waals surface area contributed by atoms with E-state index in [-0.39, 0.29) is 12.3 Å². The fourth-order valence-electron chi connectivity index (χ4n) is 1.12. The Morgan fingerprint density at radius 3 is 2.33 bits per heavy atom. The Bertz CT molecular complexity index is 420. The van der Waals surface area contributed by atoms with Gasteiger partial charge in [0.05, 0.1) is 0 Å². The van der Waals surface area contributed by atoms with Gasteiger partial charge in [0.2, 0.25) is 0 Å². The highest BCUT2D eigenvalue weighted by molar-refractivity contribution is 5.82. The summed E-state index contributed by atoms with van der Waals surface area (Å²) in [7, 11) is 0. The van der Waals surface area contributed by atoms with Crippen LogP contribution in [0.15, 0.2) is 29.4 Å². The van der Waals surface area contributed by atoms with E-state index in [4.69, 9.17) is 10.9 Å². The van der Waals surface area contributed by atoms with Crippen LogP contribution in [0.2, 0.25) is 0 Å². The van der Waals surface area contributed by atoms with E-state index in [0.717, 1.165) is 12.1 Å². The Hall–Kier alpha value is -1.99. The van der Waals surface area contributed by atoms with Crippen molar-refractivity contribution in [3.63, 3.8) is 0 Å². The zero-order valence-corrected chi connectivity index (χ0v) is 8.99. The first-order chi connectivity index (χ1) is 8.35. The number of hydrogen-bond acceptors (Lipinski definition) is 3. The number of oxime groups is 1. The number of rotatable bonds is 5. The lowest BCUT2D eigenvalue weighted by atomic mass is 10.1. The molecule has 0 saturated heterocycles. The largest absolute Gasteiger partial charge is 0.461 e. The van der Waals surface area contributed by atoms with Gasteiger partial charge in [0.15, 0.2) is 0 Å². The third-order valence-corrected chi connectivity index (χ3v) is 1.95. The SMILES string of the molecule is NC(Cc1ccc(OC(F)(F)C(F)F)cc1)=NO. The van der Waals surface area contributed by atoms with E-state index in [1.165, 1.54) is 12.1 Å². The highest BCUT2D eigenvalue weighted by Gasteiger charge is 2.43. The summed E-state index contributed by atoms with van der Waals surface area (Å²) in [5.74, 6) is -0.467. The van der Waals surface area contributed by atoms with Gasteiger partial charge in [0.1, 0.15) is 11.6 Å². The maximum absolute atomic E-state index is 12.6. The number of nitrogens with zero attached hydrogens (tertiary/aromatic N) is 1. The molecule has 0 aliphatic carbocycles. The van der Waals surface area contributed by atoms with Gasteiger partial charge in [-0.05, 0) is 17.7 Å². The molecule has 0 fully saturated rings. The first-order valence-electron chi connectivity index (χ1n) is 4.75. The van der Waals surface area contributed by atoms with E-state index in [0.29, 0.717) is 5.56 Å². The van der Waals surface area contributed by atoms with Crippen LogP contribution in [-0.2, 0) is 6.42 Å². The molecule has 0 atom stereocenters. The number of amidine groups is 1. The first kappa shape index (κ1) is 14.1. The van der Waals surface area contributed by atoms with Gasteiger partial charge < -0.3 is 15.7 Å². The molecule has 0 radical (unpaired) electrons. The van der Waals surface area contributed by atoms with Crippen LogP contribution in [-0.4, -0.2) is 23.6 Å². The van der Waals surface area contributed by atoms with Crippen LogP contribution < -0.4 is 10.5 Å². The molecular weight excluding hydrogens is 256 g/mol. The molecule has 0 bridgehead atoms. The molecule has 0 unspecified atom stereocenters. The van der Waals surface area contributed by atoms with Crippen LogP contribution in [0, 0.1) is 0 Å². The summed E-state index contributed by atoms with van der Waals surface area (Å²) in [5, 5.41) is 11.1. The van der Waals surface area contributed by atoms with E-state index in [9.17, 15) is 17.6 Å². The number of benzene rings is 1. The summed E-state index contributed by atoms with van der Waals surface area (Å²) in [6.45, 7) is 0. The second-order valence-corrected chi connectivity index (χ2v) is 3.38. The third-order valence-electron chi connectivity index (χ3n) is 1.95. The minimum atomic E-state index is -4.53. The van der Waals surface area contributed by atoms with Gasteiger partial charge in [-0.1, -0.05) is 17.3 Å². The molecule has 0 heterocycles. The molecule has 3 N–H and O–H groups in total. The van der Waals surface area contributed by atoms with Crippen molar-refractivity contribution < 1.29 is 27.5 Å². The Kier molecular flexibility index (Phi) is 4.35. The van der Waals surface area contributed by atoms with Crippen molar-refractivity contribution in [1.82, 2.24) is 0 Å². The van der Waals surface area contributed by atoms with Crippen molar-refractivity contribution in [1.29, 1.82) is 0 Å².